The van der Waals surface area contributed by atoms with E-state index < -0.39 is 0 Å². The molecule has 2 aromatic carbocycles. The number of halogens is 2. The normalized spacial score (nSPS) is 23.5. The Kier molecular flexibility index (Phi) is 10.6. The quantitative estimate of drug-likeness (QED) is 0.311. The molecule has 4 atom stereocenters. The third-order valence-electron chi connectivity index (χ3n) is 7.63. The first-order valence-corrected chi connectivity index (χ1v) is 13.7. The molecule has 4 unspecified atom stereocenters. The monoisotopic (exact) mass is 517 g/mol. The van der Waals surface area contributed by atoms with Gasteiger partial charge in [0.2, 0.25) is 0 Å². The number of rotatable bonds is 14. The number of aryl methyl sites for hydroxylation is 2. The van der Waals surface area contributed by atoms with Gasteiger partial charge in [-0.15, -0.1) is 0 Å². The Hall–Kier alpha value is -2.22. The minimum atomic E-state index is -0.227. The summed E-state index contributed by atoms with van der Waals surface area (Å²) in [6.45, 7) is 1.87. The van der Waals surface area contributed by atoms with Crippen LogP contribution in [0.25, 0.3) is 0 Å². The molecule has 7 heteroatoms. The third-order valence-corrected chi connectivity index (χ3v) is 7.63. The Bertz CT molecular complexity index is 911. The van der Waals surface area contributed by atoms with E-state index in [1.54, 1.807) is 38.5 Å². The third kappa shape index (κ3) is 8.39. The highest BCUT2D eigenvalue weighted by Crippen LogP contribution is 2.29. The van der Waals surface area contributed by atoms with Crippen LogP contribution in [0.2, 0.25) is 0 Å². The molecule has 2 aliphatic heterocycles. The fourth-order valence-corrected chi connectivity index (χ4v) is 5.58. The van der Waals surface area contributed by atoms with Gasteiger partial charge in [-0.05, 0) is 125 Å². The van der Waals surface area contributed by atoms with Crippen LogP contribution in [0.15, 0.2) is 36.4 Å². The summed E-state index contributed by atoms with van der Waals surface area (Å²) in [7, 11) is 3.24. The van der Waals surface area contributed by atoms with Crippen LogP contribution in [0.1, 0.15) is 62.5 Å². The van der Waals surface area contributed by atoms with E-state index in [-0.39, 0.29) is 23.8 Å². The van der Waals surface area contributed by atoms with Gasteiger partial charge >= 0.3 is 0 Å². The van der Waals surface area contributed by atoms with E-state index in [0.29, 0.717) is 12.2 Å². The van der Waals surface area contributed by atoms with Crippen LogP contribution in [0.3, 0.4) is 0 Å². The van der Waals surface area contributed by atoms with Crippen molar-refractivity contribution in [2.24, 2.45) is 0 Å². The lowest BCUT2D eigenvalue weighted by Crippen LogP contribution is -2.25. The lowest BCUT2D eigenvalue weighted by molar-refractivity contribution is 0.0331. The molecule has 4 rings (SSSR count). The summed E-state index contributed by atoms with van der Waals surface area (Å²) in [5.74, 6) is 1.03. The van der Waals surface area contributed by atoms with Gasteiger partial charge in [-0.2, -0.15) is 0 Å². The predicted octanol–water partition coefficient (Wildman–Crippen LogP) is 6.01. The lowest BCUT2D eigenvalue weighted by atomic mass is 10.0. The molecule has 2 fully saturated rings. The standard InChI is InChI=1S/C30H41F2NO4/c1-34-29-13-5-23(31)19-21(29)3-7-25-9-11-27(36-25)15-17-33-18-16-28-12-10-26(37-28)8-4-22-20-24(32)6-14-30(22)35-2/h5-6,13-14,19-20,25-28,33H,3-4,7-12,15-18H2,1-2H3. The Labute approximate surface area is 219 Å². The molecule has 37 heavy (non-hydrogen) atoms. The van der Waals surface area contributed by atoms with Crippen LogP contribution in [0.4, 0.5) is 8.78 Å². The molecule has 2 saturated heterocycles. The molecule has 0 amide bonds. The van der Waals surface area contributed by atoms with Gasteiger partial charge in [0, 0.05) is 0 Å². The van der Waals surface area contributed by atoms with Crippen LogP contribution in [0.5, 0.6) is 11.5 Å². The summed E-state index contributed by atoms with van der Waals surface area (Å²) in [5.41, 5.74) is 1.81. The molecular weight excluding hydrogens is 476 g/mol. The van der Waals surface area contributed by atoms with Crippen molar-refractivity contribution in [1.82, 2.24) is 5.32 Å². The van der Waals surface area contributed by atoms with Crippen LogP contribution in [-0.4, -0.2) is 51.7 Å². The van der Waals surface area contributed by atoms with E-state index >= 15 is 0 Å². The first-order valence-electron chi connectivity index (χ1n) is 13.7. The smallest absolute Gasteiger partial charge is 0.123 e. The van der Waals surface area contributed by atoms with Gasteiger partial charge in [0.15, 0.2) is 0 Å². The SMILES string of the molecule is COc1ccc(F)cc1CCC1CCC(CCNCCC2CCC(CCc3cc(F)ccc3OC)O2)O1. The van der Waals surface area contributed by atoms with Crippen molar-refractivity contribution in [2.75, 3.05) is 27.3 Å². The molecule has 2 aromatic rings. The minimum absolute atomic E-state index is 0.227. The molecule has 0 spiro atoms. The summed E-state index contributed by atoms with van der Waals surface area (Å²) < 4.78 is 50.4. The summed E-state index contributed by atoms with van der Waals surface area (Å²) in [4.78, 5) is 0. The van der Waals surface area contributed by atoms with Crippen molar-refractivity contribution >= 4 is 0 Å². The molecule has 204 valence electrons. The maximum Gasteiger partial charge on any atom is 0.123 e. The van der Waals surface area contributed by atoms with Crippen LogP contribution in [-0.2, 0) is 22.3 Å². The Balaban J connectivity index is 1.06. The number of hydrogen-bond acceptors (Lipinski definition) is 5. The van der Waals surface area contributed by atoms with Crippen molar-refractivity contribution in [3.05, 3.63) is 59.2 Å². The maximum absolute atomic E-state index is 13.6. The molecular formula is C30H41F2NO4. The first kappa shape index (κ1) is 27.8. The van der Waals surface area contributed by atoms with Gasteiger partial charge in [-0.3, -0.25) is 0 Å². The van der Waals surface area contributed by atoms with E-state index in [1.165, 1.54) is 12.1 Å². The van der Waals surface area contributed by atoms with Crippen molar-refractivity contribution in [2.45, 2.75) is 88.6 Å². The van der Waals surface area contributed by atoms with Crippen molar-refractivity contribution in [3.63, 3.8) is 0 Å². The molecule has 1 N–H and O–H groups in total. The molecule has 0 bridgehead atoms. The molecule has 2 aliphatic rings. The highest BCUT2D eigenvalue weighted by molar-refractivity contribution is 5.34. The average molecular weight is 518 g/mol. The van der Waals surface area contributed by atoms with Crippen LogP contribution >= 0.6 is 0 Å². The number of hydrogen-bond donors (Lipinski definition) is 1. The van der Waals surface area contributed by atoms with Gasteiger partial charge in [0.05, 0.1) is 38.6 Å². The average Bonchev–Trinajstić information content (AvgIpc) is 3.55. The zero-order valence-corrected chi connectivity index (χ0v) is 22.1. The van der Waals surface area contributed by atoms with Gasteiger partial charge in [-0.1, -0.05) is 0 Å². The fourth-order valence-electron chi connectivity index (χ4n) is 5.58. The van der Waals surface area contributed by atoms with Crippen molar-refractivity contribution in [3.8, 4) is 11.5 Å². The van der Waals surface area contributed by atoms with Crippen LogP contribution in [0, 0.1) is 11.6 Å². The van der Waals surface area contributed by atoms with E-state index in [0.717, 1.165) is 99.9 Å². The van der Waals surface area contributed by atoms with E-state index in [1.807, 2.05) is 0 Å². The largest absolute Gasteiger partial charge is 0.496 e. The molecule has 2 heterocycles. The fraction of sp³-hybridized carbons (Fsp3) is 0.600. The van der Waals surface area contributed by atoms with Gasteiger partial charge in [-0.25, -0.2) is 8.78 Å². The zero-order chi connectivity index (χ0) is 26.0. The number of methoxy groups -OCH3 is 2. The zero-order valence-electron chi connectivity index (χ0n) is 22.1. The van der Waals surface area contributed by atoms with E-state index in [4.69, 9.17) is 18.9 Å². The Morgan fingerprint density at radius 2 is 1.08 bits per heavy atom. The number of benzene rings is 2. The topological polar surface area (TPSA) is 49.0 Å². The molecule has 0 aliphatic carbocycles. The molecule has 0 aromatic heterocycles. The first-order chi connectivity index (χ1) is 18.0. The van der Waals surface area contributed by atoms with Gasteiger partial charge in [0.25, 0.3) is 0 Å². The second-order valence-electron chi connectivity index (χ2n) is 10.2. The summed E-state index contributed by atoms with van der Waals surface area (Å²) in [5, 5.41) is 3.55. The number of nitrogens with one attached hydrogen (secondary N) is 1. The predicted molar refractivity (Wildman–Crippen MR) is 140 cm³/mol. The van der Waals surface area contributed by atoms with Crippen LogP contribution < -0.4 is 14.8 Å². The molecule has 5 nitrogen and oxygen atoms in total. The van der Waals surface area contributed by atoms with E-state index in [2.05, 4.69) is 5.32 Å². The summed E-state index contributed by atoms with van der Waals surface area (Å²) in [6.07, 6.45) is 10.6. The summed E-state index contributed by atoms with van der Waals surface area (Å²) in [6, 6.07) is 9.37. The van der Waals surface area contributed by atoms with Gasteiger partial charge < -0.3 is 24.3 Å². The number of ether oxygens (including phenoxy) is 4. The Morgan fingerprint density at radius 1 is 0.676 bits per heavy atom. The second-order valence-corrected chi connectivity index (χ2v) is 10.2. The molecule has 0 radical (unpaired) electrons. The highest BCUT2D eigenvalue weighted by atomic mass is 19.1. The van der Waals surface area contributed by atoms with E-state index in [9.17, 15) is 8.78 Å². The summed E-state index contributed by atoms with van der Waals surface area (Å²) >= 11 is 0. The Morgan fingerprint density at radius 3 is 1.49 bits per heavy atom. The van der Waals surface area contributed by atoms with Crippen molar-refractivity contribution in [1.29, 1.82) is 0 Å². The molecule has 0 saturated carbocycles. The highest BCUT2D eigenvalue weighted by Gasteiger charge is 2.26. The maximum atomic E-state index is 13.6. The minimum Gasteiger partial charge on any atom is -0.496 e. The lowest BCUT2D eigenvalue weighted by Gasteiger charge is -2.16. The van der Waals surface area contributed by atoms with Crippen molar-refractivity contribution < 1.29 is 27.7 Å². The van der Waals surface area contributed by atoms with Gasteiger partial charge in [0.1, 0.15) is 23.1 Å². The second kappa shape index (κ2) is 14.1.